The molecule has 1 amide bonds. The second-order valence-electron chi connectivity index (χ2n) is 5.84. The number of hydrazone groups is 1. The number of hydrogen-bond donors (Lipinski definition) is 2. The molecule has 120 valence electrons. The van der Waals surface area contributed by atoms with Crippen molar-refractivity contribution in [1.29, 1.82) is 0 Å². The molecule has 2 N–H and O–H groups in total. The maximum Gasteiger partial charge on any atom is 0.262 e. The molecule has 1 saturated carbocycles. The van der Waals surface area contributed by atoms with Crippen LogP contribution in [0.1, 0.15) is 46.0 Å². The number of hydrogen-bond acceptors (Lipinski definition) is 3. The Labute approximate surface area is 140 Å². The maximum atomic E-state index is 12.3. The predicted molar refractivity (Wildman–Crippen MR) is 95.1 cm³/mol. The normalized spacial score (nSPS) is 21.4. The molecule has 1 aliphatic carbocycles. The summed E-state index contributed by atoms with van der Waals surface area (Å²) in [6, 6.07) is 7.54. The number of rotatable bonds is 5. The van der Waals surface area contributed by atoms with Gasteiger partial charge < -0.3 is 5.32 Å². The average Bonchev–Trinajstić information content (AvgIpc) is 2.51. The van der Waals surface area contributed by atoms with Gasteiger partial charge in [-0.2, -0.15) is 5.10 Å². The zero-order valence-electron chi connectivity index (χ0n) is 13.2. The molecule has 5 heteroatoms. The van der Waals surface area contributed by atoms with Gasteiger partial charge in [-0.3, -0.25) is 4.79 Å². The van der Waals surface area contributed by atoms with Crippen LogP contribution in [0.25, 0.3) is 0 Å². The molecule has 0 aliphatic heterocycles. The fourth-order valence-electron chi connectivity index (χ4n) is 2.67. The molecule has 2 rings (SSSR count). The number of benzene rings is 1. The summed E-state index contributed by atoms with van der Waals surface area (Å²) < 4.78 is 0.990. The third-order valence-electron chi connectivity index (χ3n) is 4.09. The summed E-state index contributed by atoms with van der Waals surface area (Å²) in [6.45, 7) is 4.17. The van der Waals surface area contributed by atoms with Crippen LogP contribution in [0.5, 0.6) is 0 Å². The Balaban J connectivity index is 1.95. The molecular weight excluding hydrogens is 342 g/mol. The maximum absolute atomic E-state index is 12.3. The number of carbonyl (C=O) groups is 1. The largest absolute Gasteiger partial charge is 0.374 e. The summed E-state index contributed by atoms with van der Waals surface area (Å²) in [5.74, 6) is 0.403. The second kappa shape index (κ2) is 8.32. The first kappa shape index (κ1) is 17.0. The van der Waals surface area contributed by atoms with Gasteiger partial charge in [0.1, 0.15) is 6.04 Å². The molecule has 1 aliphatic rings. The number of carbonyl (C=O) groups excluding carboxylic acids is 1. The summed E-state index contributed by atoms with van der Waals surface area (Å²) in [4.78, 5) is 12.3. The molecule has 0 saturated heterocycles. The van der Waals surface area contributed by atoms with Gasteiger partial charge in [0.25, 0.3) is 5.91 Å². The fourth-order valence-corrected chi connectivity index (χ4v) is 3.07. The van der Waals surface area contributed by atoms with Crippen LogP contribution < -0.4 is 10.7 Å². The highest BCUT2D eigenvalue weighted by Crippen LogP contribution is 2.21. The molecule has 0 spiro atoms. The highest BCUT2D eigenvalue weighted by molar-refractivity contribution is 9.10. The van der Waals surface area contributed by atoms with Crippen molar-refractivity contribution < 1.29 is 4.79 Å². The van der Waals surface area contributed by atoms with E-state index in [1.807, 2.05) is 31.2 Å². The minimum Gasteiger partial charge on any atom is -0.374 e. The molecule has 1 fully saturated rings. The van der Waals surface area contributed by atoms with Crippen molar-refractivity contribution in [3.63, 3.8) is 0 Å². The minimum absolute atomic E-state index is 0.0762. The van der Waals surface area contributed by atoms with Crippen molar-refractivity contribution in [1.82, 2.24) is 5.43 Å². The molecule has 0 radical (unpaired) electrons. The summed E-state index contributed by atoms with van der Waals surface area (Å²) in [5.41, 5.74) is 4.79. The molecule has 2 atom stereocenters. The smallest absolute Gasteiger partial charge is 0.262 e. The molecule has 1 aromatic carbocycles. The third kappa shape index (κ3) is 4.83. The van der Waals surface area contributed by atoms with Gasteiger partial charge >= 0.3 is 0 Å². The van der Waals surface area contributed by atoms with Crippen LogP contribution in [-0.4, -0.2) is 17.7 Å². The van der Waals surface area contributed by atoms with Crippen molar-refractivity contribution >= 4 is 33.2 Å². The molecule has 22 heavy (non-hydrogen) atoms. The first-order valence-corrected chi connectivity index (χ1v) is 8.78. The van der Waals surface area contributed by atoms with Crippen LogP contribution >= 0.6 is 15.9 Å². The van der Waals surface area contributed by atoms with E-state index in [0.29, 0.717) is 12.3 Å². The van der Waals surface area contributed by atoms with E-state index < -0.39 is 0 Å². The van der Waals surface area contributed by atoms with Gasteiger partial charge in [-0.1, -0.05) is 42.3 Å². The quantitative estimate of drug-likeness (QED) is 0.763. The van der Waals surface area contributed by atoms with E-state index in [2.05, 4.69) is 38.7 Å². The predicted octanol–water partition coefficient (Wildman–Crippen LogP) is 4.32. The lowest BCUT2D eigenvalue weighted by Gasteiger charge is -2.21. The molecule has 0 unspecified atom stereocenters. The van der Waals surface area contributed by atoms with Crippen molar-refractivity contribution in [3.05, 3.63) is 28.7 Å². The number of nitrogens with zero attached hydrogens (tertiary/aromatic N) is 1. The Hall–Kier alpha value is -1.36. The van der Waals surface area contributed by atoms with Crippen molar-refractivity contribution in [2.45, 2.75) is 52.0 Å². The highest BCUT2D eigenvalue weighted by atomic mass is 79.9. The van der Waals surface area contributed by atoms with Gasteiger partial charge in [0.2, 0.25) is 0 Å². The molecule has 0 heterocycles. The van der Waals surface area contributed by atoms with E-state index in [9.17, 15) is 4.79 Å². The zero-order chi connectivity index (χ0) is 15.9. The Bertz CT molecular complexity index is 544. The topological polar surface area (TPSA) is 53.5 Å². The van der Waals surface area contributed by atoms with E-state index in [4.69, 9.17) is 0 Å². The molecule has 0 aromatic heterocycles. The van der Waals surface area contributed by atoms with Crippen LogP contribution in [0.4, 0.5) is 5.69 Å². The molecule has 0 bridgehead atoms. The van der Waals surface area contributed by atoms with E-state index in [1.54, 1.807) is 0 Å². The van der Waals surface area contributed by atoms with Crippen LogP contribution in [0.2, 0.25) is 0 Å². The van der Waals surface area contributed by atoms with Gasteiger partial charge in [0, 0.05) is 15.9 Å². The van der Waals surface area contributed by atoms with Crippen molar-refractivity contribution in [2.24, 2.45) is 11.0 Å². The lowest BCUT2D eigenvalue weighted by molar-refractivity contribution is -0.121. The number of nitrogens with one attached hydrogen (secondary N) is 2. The van der Waals surface area contributed by atoms with E-state index in [1.165, 1.54) is 19.3 Å². The third-order valence-corrected chi connectivity index (χ3v) is 4.58. The lowest BCUT2D eigenvalue weighted by atomic mass is 9.89. The molecule has 4 nitrogen and oxygen atoms in total. The second-order valence-corrected chi connectivity index (χ2v) is 6.76. The summed E-state index contributed by atoms with van der Waals surface area (Å²) >= 11 is 3.44. The van der Waals surface area contributed by atoms with E-state index in [0.717, 1.165) is 22.3 Å². The van der Waals surface area contributed by atoms with Crippen LogP contribution in [0.15, 0.2) is 33.8 Å². The Morgan fingerprint density at radius 2 is 2.27 bits per heavy atom. The first-order chi connectivity index (χ1) is 10.6. The first-order valence-electron chi connectivity index (χ1n) is 7.98. The lowest BCUT2D eigenvalue weighted by Crippen LogP contribution is -2.37. The average molecular weight is 366 g/mol. The van der Waals surface area contributed by atoms with Gasteiger partial charge in [0.05, 0.1) is 0 Å². The number of halogens is 1. The highest BCUT2D eigenvalue weighted by Gasteiger charge is 2.19. The van der Waals surface area contributed by atoms with Crippen LogP contribution in [0.3, 0.4) is 0 Å². The summed E-state index contributed by atoms with van der Waals surface area (Å²) in [6.07, 6.45) is 5.31. The van der Waals surface area contributed by atoms with Crippen molar-refractivity contribution in [3.8, 4) is 0 Å². The number of anilines is 1. The standard InChI is InChI=1S/C17H24BrN3O/c1-3-15(19-14-9-6-8-13(18)11-14)17(22)21-20-16-10-5-4-7-12(16)2/h6,8-9,11-12,15,19H,3-5,7,10H2,1-2H3,(H,21,22)/t12-,15+/m1/s1. The van der Waals surface area contributed by atoms with Crippen LogP contribution in [0, 0.1) is 5.92 Å². The Kier molecular flexibility index (Phi) is 6.43. The summed E-state index contributed by atoms with van der Waals surface area (Å²) in [7, 11) is 0. The van der Waals surface area contributed by atoms with Crippen molar-refractivity contribution in [2.75, 3.05) is 5.32 Å². The minimum atomic E-state index is -0.280. The Morgan fingerprint density at radius 3 is 2.95 bits per heavy atom. The van der Waals surface area contributed by atoms with E-state index in [-0.39, 0.29) is 11.9 Å². The molecular formula is C17H24BrN3O. The van der Waals surface area contributed by atoms with Crippen LogP contribution in [-0.2, 0) is 4.79 Å². The van der Waals surface area contributed by atoms with Gasteiger partial charge in [0.15, 0.2) is 0 Å². The zero-order valence-corrected chi connectivity index (χ0v) is 14.8. The summed E-state index contributed by atoms with van der Waals surface area (Å²) in [5, 5.41) is 7.62. The fraction of sp³-hybridized carbons (Fsp3) is 0.529. The van der Waals surface area contributed by atoms with Gasteiger partial charge in [-0.15, -0.1) is 0 Å². The van der Waals surface area contributed by atoms with Gasteiger partial charge in [-0.05, 0) is 49.8 Å². The molecule has 1 aromatic rings. The van der Waals surface area contributed by atoms with E-state index >= 15 is 0 Å². The Morgan fingerprint density at radius 1 is 1.45 bits per heavy atom. The SMILES string of the molecule is CC[C@H](Nc1cccc(Br)c1)C(=O)NN=C1CCCC[C@H]1C. The number of amides is 1. The van der Waals surface area contributed by atoms with Gasteiger partial charge in [-0.25, -0.2) is 5.43 Å². The monoisotopic (exact) mass is 365 g/mol.